The van der Waals surface area contributed by atoms with Crippen molar-refractivity contribution in [1.82, 2.24) is 28.7 Å². The molecule has 16 rings (SSSR count). The van der Waals surface area contributed by atoms with Crippen LogP contribution in [0.1, 0.15) is 62.1 Å². The molecule has 10 aromatic carbocycles. The number of aliphatic hydroxyl groups excluding tert-OH is 1. The molecule has 0 fully saturated rings. The van der Waals surface area contributed by atoms with Crippen molar-refractivity contribution in [3.05, 3.63) is 306 Å². The number of aliphatic hydroxyl groups is 1. The van der Waals surface area contributed by atoms with Crippen molar-refractivity contribution < 1.29 is 19.5 Å². The van der Waals surface area contributed by atoms with Crippen LogP contribution < -0.4 is 32.6 Å². The van der Waals surface area contributed by atoms with E-state index < -0.39 is 18.1 Å². The Morgan fingerprint density at radius 2 is 0.923 bits per heavy atom. The van der Waals surface area contributed by atoms with Crippen LogP contribution in [0, 0.1) is 6.92 Å². The van der Waals surface area contributed by atoms with Gasteiger partial charge in [-0.3, -0.25) is 43.1 Å². The number of aromatic amines is 3. The van der Waals surface area contributed by atoms with Crippen molar-refractivity contribution in [1.29, 1.82) is 0 Å². The molecule has 0 bridgehead atoms. The molecule has 0 radical (unpaired) electrons. The maximum atomic E-state index is 13.5. The zero-order valence-electron chi connectivity index (χ0n) is 56.4. The molecule has 3 amide bonds. The van der Waals surface area contributed by atoms with Gasteiger partial charge in [-0.2, -0.15) is 0 Å². The SMILES string of the molecule is Cc1cccc(CC2N=C(c3ccc4[nH]c(=O)n(C)c4c3)c3cc(Cl)ccc3N(C)C2=O)c1.Cn1c(=O)[nH]c2ccc(C3=NC(Cc4c(Cl)cccc4Cl)C(=O)Nc4ccc(Cl)cc43)cc21.O=C1Nc2ccc(Cl)cc2C(c2ccc3[nH]c(=O)n(CCCO)c3c2)=NC1Cc1ccc2ccccc2c1. The van der Waals surface area contributed by atoms with Gasteiger partial charge in [0.25, 0.3) is 5.91 Å². The van der Waals surface area contributed by atoms with E-state index in [1.165, 1.54) is 4.57 Å². The maximum Gasteiger partial charge on any atom is 0.326 e. The summed E-state index contributed by atoms with van der Waals surface area (Å²) >= 11 is 31.8. The van der Waals surface area contributed by atoms with Crippen molar-refractivity contribution in [2.45, 2.75) is 57.3 Å². The van der Waals surface area contributed by atoms with Crippen LogP contribution >= 0.6 is 58.0 Å². The number of carbonyl (C=O) groups excluding carboxylic acids is 3. The Bertz CT molecular complexity index is 5920. The third-order valence-corrected chi connectivity index (χ3v) is 20.2. The number of nitrogens with zero attached hydrogens (tertiary/aromatic N) is 7. The first-order valence-corrected chi connectivity index (χ1v) is 35.2. The second-order valence-corrected chi connectivity index (χ2v) is 27.8. The summed E-state index contributed by atoms with van der Waals surface area (Å²) in [6.07, 6.45) is 1.60. The summed E-state index contributed by atoms with van der Waals surface area (Å²) in [4.78, 5) is 102. The number of halogens is 5. The number of aromatic nitrogens is 6. The molecule has 24 heteroatoms. The van der Waals surface area contributed by atoms with Crippen LogP contribution in [-0.2, 0) is 54.3 Å². The lowest BCUT2D eigenvalue weighted by molar-refractivity contribution is -0.119. The number of likely N-dealkylation sites (N-methyl/N-ethyl adjacent to an activating group) is 1. The molecule has 522 valence electrons. The highest BCUT2D eigenvalue weighted by molar-refractivity contribution is 6.36. The topological polar surface area (TPSA) is 249 Å². The van der Waals surface area contributed by atoms with Crippen molar-refractivity contribution in [3.8, 4) is 0 Å². The second-order valence-electron chi connectivity index (χ2n) is 25.7. The van der Waals surface area contributed by atoms with E-state index in [0.717, 1.165) is 72.0 Å². The van der Waals surface area contributed by atoms with Gasteiger partial charge in [0.05, 0.1) is 67.3 Å². The third kappa shape index (κ3) is 14.3. The van der Waals surface area contributed by atoms with Gasteiger partial charge in [0, 0.05) is 112 Å². The average Bonchev–Trinajstić information content (AvgIpc) is 1.37. The molecule has 0 spiro atoms. The minimum atomic E-state index is -0.783. The van der Waals surface area contributed by atoms with Gasteiger partial charge in [-0.15, -0.1) is 0 Å². The summed E-state index contributed by atoms with van der Waals surface area (Å²) in [7, 11) is 5.19. The molecule has 3 aromatic heterocycles. The Morgan fingerprint density at radius 1 is 0.442 bits per heavy atom. The Kier molecular flexibility index (Phi) is 19.9. The number of aryl methyl sites for hydroxylation is 4. The van der Waals surface area contributed by atoms with Crippen LogP contribution in [0.15, 0.2) is 223 Å². The van der Waals surface area contributed by atoms with Crippen LogP contribution in [0.2, 0.25) is 25.1 Å². The van der Waals surface area contributed by atoms with Gasteiger partial charge in [0.1, 0.15) is 18.1 Å². The molecule has 19 nitrogen and oxygen atoms in total. The van der Waals surface area contributed by atoms with E-state index >= 15 is 0 Å². The largest absolute Gasteiger partial charge is 0.396 e. The molecule has 104 heavy (non-hydrogen) atoms. The van der Waals surface area contributed by atoms with E-state index in [4.69, 9.17) is 73.0 Å². The van der Waals surface area contributed by atoms with Gasteiger partial charge in [-0.25, -0.2) is 14.4 Å². The summed E-state index contributed by atoms with van der Waals surface area (Å²) in [5.74, 6) is -0.552. The monoisotopic (exact) mass is 1480 g/mol. The van der Waals surface area contributed by atoms with Crippen molar-refractivity contribution in [3.63, 3.8) is 0 Å². The standard InChI is InChI=1S/C30H25ClN4O3.C26H23ClN4O2.C24H17Cl3N4O2/c31-22-9-11-24-23(17-22)28(21-8-10-25-27(16-21)35(12-3-13-36)30(38)34-25)32-26(29(37)33-24)15-18-6-7-19-4-1-2-5-20(19)14-18;1-15-5-4-6-16(11-15)12-21-25(32)30(2)22-10-8-18(27)14-19(22)24(28-21)17-7-9-20-23(13-17)31(3)26(33)29-20;1-31-21-9-12(5-7-19(21)30-24(31)33)22-15-10-13(25)6-8-18(15)29-23(32)20(28-22)11-14-16(26)3-2-4-17(14)27/h1-2,4-11,14,16-17,26,36H,3,12-13,15H2,(H,33,37)(H,34,38);4-11,13-14,21H,12H2,1-3H3,(H,29,33);2-10,20H,11H2,1H3,(H,29,32)(H,30,33). The van der Waals surface area contributed by atoms with E-state index in [-0.39, 0.29) is 47.8 Å². The minimum Gasteiger partial charge on any atom is -0.396 e. The van der Waals surface area contributed by atoms with Gasteiger partial charge in [0.2, 0.25) is 11.8 Å². The number of nitrogens with one attached hydrogen (secondary N) is 5. The minimum absolute atomic E-state index is 0.0123. The fourth-order valence-electron chi connectivity index (χ4n) is 13.4. The number of anilines is 3. The highest BCUT2D eigenvalue weighted by atomic mass is 35.5. The molecular formula is C80H65Cl5N12O7. The second kappa shape index (κ2) is 29.5. The number of benzodiazepines with no additional fused rings is 3. The number of hydrogen-bond donors (Lipinski definition) is 6. The van der Waals surface area contributed by atoms with Crippen molar-refractivity contribution in [2.24, 2.45) is 29.1 Å². The number of benzene rings is 10. The molecule has 3 unspecified atom stereocenters. The van der Waals surface area contributed by atoms with Crippen LogP contribution in [0.25, 0.3) is 43.9 Å². The molecule has 0 aliphatic carbocycles. The van der Waals surface area contributed by atoms with E-state index in [9.17, 15) is 33.9 Å². The van der Waals surface area contributed by atoms with E-state index in [0.29, 0.717) is 113 Å². The van der Waals surface area contributed by atoms with Crippen LogP contribution in [0.5, 0.6) is 0 Å². The molecule has 3 aliphatic heterocycles. The zero-order valence-corrected chi connectivity index (χ0v) is 60.1. The average molecular weight is 1480 g/mol. The molecule has 13 aromatic rings. The van der Waals surface area contributed by atoms with Gasteiger partial charge in [0.15, 0.2) is 0 Å². The van der Waals surface area contributed by atoms with Crippen LogP contribution in [-0.4, -0.2) is 100 Å². The summed E-state index contributed by atoms with van der Waals surface area (Å²) in [5.41, 5.74) is 15.9. The van der Waals surface area contributed by atoms with Gasteiger partial charge in [-0.05, 0) is 144 Å². The van der Waals surface area contributed by atoms with E-state index in [1.807, 2.05) is 110 Å². The lowest BCUT2D eigenvalue weighted by Crippen LogP contribution is -2.36. The lowest BCUT2D eigenvalue weighted by atomic mass is 9.99. The Morgan fingerprint density at radius 3 is 1.50 bits per heavy atom. The highest BCUT2D eigenvalue weighted by Gasteiger charge is 2.33. The van der Waals surface area contributed by atoms with Crippen LogP contribution in [0.3, 0.4) is 0 Å². The first kappa shape index (κ1) is 70.2. The summed E-state index contributed by atoms with van der Waals surface area (Å²) in [5, 5.41) is 20.1. The number of imidazole rings is 3. The molecule has 0 saturated carbocycles. The van der Waals surface area contributed by atoms with Gasteiger partial charge in [-0.1, -0.05) is 155 Å². The summed E-state index contributed by atoms with van der Waals surface area (Å²) in [6.45, 7) is 2.41. The molecule has 6 heterocycles. The van der Waals surface area contributed by atoms with Gasteiger partial charge >= 0.3 is 17.1 Å². The van der Waals surface area contributed by atoms with Crippen molar-refractivity contribution in [2.75, 3.05) is 29.2 Å². The maximum absolute atomic E-state index is 13.5. The summed E-state index contributed by atoms with van der Waals surface area (Å²) < 4.78 is 4.71. The smallest absolute Gasteiger partial charge is 0.326 e. The molecule has 3 aliphatic rings. The Labute approximate surface area is 619 Å². The Balaban J connectivity index is 0.000000132. The molecule has 3 atom stereocenters. The number of amides is 3. The number of hydrogen-bond acceptors (Lipinski definition) is 10. The van der Waals surface area contributed by atoms with Crippen LogP contribution in [0.4, 0.5) is 17.1 Å². The predicted molar refractivity (Wildman–Crippen MR) is 417 cm³/mol. The fraction of sp³-hybridized carbons (Fsp3) is 0.163. The number of H-pyrrole nitrogens is 3. The normalized spacial score (nSPS) is 15.6. The number of aliphatic imine (C=N–C) groups is 3. The highest BCUT2D eigenvalue weighted by Crippen LogP contribution is 2.36. The van der Waals surface area contributed by atoms with E-state index in [2.05, 4.69) is 55.9 Å². The quantitative estimate of drug-likeness (QED) is 0.0689. The molecule has 0 saturated heterocycles. The third-order valence-electron chi connectivity index (χ3n) is 18.8. The number of rotatable bonds is 12. The zero-order chi connectivity index (χ0) is 72.8. The predicted octanol–water partition coefficient (Wildman–Crippen LogP) is 14.4. The Hall–Kier alpha value is -10.9. The van der Waals surface area contributed by atoms with Gasteiger partial charge < -0.3 is 35.6 Å². The first-order chi connectivity index (χ1) is 50.1. The summed E-state index contributed by atoms with van der Waals surface area (Å²) in [6, 6.07) is 58.5. The number of carbonyl (C=O) groups is 3. The molecular weight excluding hydrogens is 1420 g/mol. The first-order valence-electron chi connectivity index (χ1n) is 33.3. The molecule has 6 N–H and O–H groups in total. The number of fused-ring (bicyclic) bond motifs is 7. The fourth-order valence-corrected chi connectivity index (χ4v) is 14.5. The van der Waals surface area contributed by atoms with E-state index in [1.54, 1.807) is 95.8 Å². The van der Waals surface area contributed by atoms with Crippen molar-refractivity contribution >= 4 is 154 Å². The lowest BCUT2D eigenvalue weighted by Gasteiger charge is -2.20.